The molecule has 1 aliphatic heterocycles. The molecule has 0 spiro atoms. The molecule has 0 radical (unpaired) electrons. The van der Waals surface area contributed by atoms with Gasteiger partial charge in [-0.25, -0.2) is 0 Å². The second-order valence-corrected chi connectivity index (χ2v) is 7.39. The second kappa shape index (κ2) is 8.96. The van der Waals surface area contributed by atoms with Crippen molar-refractivity contribution < 1.29 is 19.1 Å². The Balaban J connectivity index is 1.59. The Morgan fingerprint density at radius 2 is 2.08 bits per heavy atom. The molecule has 3 rings (SSSR count). The average Bonchev–Trinajstić information content (AvgIpc) is 3.33. The summed E-state index contributed by atoms with van der Waals surface area (Å²) in [5.41, 5.74) is 0.626. The number of amides is 1. The minimum absolute atomic E-state index is 0.00585. The molecule has 1 atom stereocenters. The first-order chi connectivity index (χ1) is 12.6. The molecule has 1 amide bonds. The van der Waals surface area contributed by atoms with Gasteiger partial charge in [0.1, 0.15) is 5.75 Å². The summed E-state index contributed by atoms with van der Waals surface area (Å²) in [4.78, 5) is 27.0. The van der Waals surface area contributed by atoms with E-state index in [0.717, 1.165) is 24.3 Å². The Labute approximate surface area is 157 Å². The van der Waals surface area contributed by atoms with Crippen LogP contribution in [0.15, 0.2) is 41.8 Å². The van der Waals surface area contributed by atoms with Gasteiger partial charge in [-0.2, -0.15) is 0 Å². The van der Waals surface area contributed by atoms with Crippen molar-refractivity contribution in [3.63, 3.8) is 0 Å². The van der Waals surface area contributed by atoms with Crippen molar-refractivity contribution in [2.75, 3.05) is 19.8 Å². The smallest absolute Gasteiger partial charge is 0.260 e. The van der Waals surface area contributed by atoms with E-state index in [0.29, 0.717) is 24.4 Å². The number of ketones is 1. The summed E-state index contributed by atoms with van der Waals surface area (Å²) >= 11 is 1.64. The van der Waals surface area contributed by atoms with Crippen LogP contribution in [0.5, 0.6) is 5.75 Å². The largest absolute Gasteiger partial charge is 0.484 e. The van der Waals surface area contributed by atoms with Crippen molar-refractivity contribution in [3.05, 3.63) is 52.2 Å². The molecular formula is C20H23NO4S. The van der Waals surface area contributed by atoms with Crippen LogP contribution < -0.4 is 4.74 Å². The van der Waals surface area contributed by atoms with Crippen LogP contribution in [0, 0.1) is 0 Å². The summed E-state index contributed by atoms with van der Waals surface area (Å²) in [5.74, 6) is 0.521. The number of carbonyl (C=O) groups excluding carboxylic acids is 2. The fourth-order valence-electron chi connectivity index (χ4n) is 2.90. The van der Waals surface area contributed by atoms with E-state index >= 15 is 0 Å². The third kappa shape index (κ3) is 5.16. The lowest BCUT2D eigenvalue weighted by Crippen LogP contribution is -2.39. The third-order valence-corrected chi connectivity index (χ3v) is 5.21. The molecule has 5 nitrogen and oxygen atoms in total. The summed E-state index contributed by atoms with van der Waals surface area (Å²) in [6, 6.07) is 10.9. The second-order valence-electron chi connectivity index (χ2n) is 6.36. The van der Waals surface area contributed by atoms with E-state index in [9.17, 15) is 9.59 Å². The predicted molar refractivity (Wildman–Crippen MR) is 101 cm³/mol. The van der Waals surface area contributed by atoms with Crippen LogP contribution in [-0.4, -0.2) is 42.5 Å². The Morgan fingerprint density at radius 3 is 2.69 bits per heavy atom. The lowest BCUT2D eigenvalue weighted by molar-refractivity contribution is -0.135. The van der Waals surface area contributed by atoms with E-state index in [4.69, 9.17) is 9.47 Å². The molecule has 1 aromatic carbocycles. The average molecular weight is 373 g/mol. The van der Waals surface area contributed by atoms with Crippen LogP contribution in [0.4, 0.5) is 0 Å². The van der Waals surface area contributed by atoms with Crippen LogP contribution in [0.2, 0.25) is 0 Å². The standard InChI is InChI=1S/C20H23NO4S/c1-15(22)16-6-8-17(9-7-16)25-14-20(23)21(12-18-4-2-10-24-18)13-19-5-3-11-26-19/h3,5-9,11,18H,2,4,10,12-14H2,1H3. The molecule has 1 saturated heterocycles. The van der Waals surface area contributed by atoms with Crippen molar-refractivity contribution in [1.82, 2.24) is 4.90 Å². The maximum atomic E-state index is 12.7. The van der Waals surface area contributed by atoms with Crippen LogP contribution >= 0.6 is 11.3 Å². The molecule has 1 unspecified atom stereocenters. The molecule has 26 heavy (non-hydrogen) atoms. The zero-order valence-electron chi connectivity index (χ0n) is 14.8. The maximum Gasteiger partial charge on any atom is 0.260 e. The number of rotatable bonds is 8. The minimum Gasteiger partial charge on any atom is -0.484 e. The highest BCUT2D eigenvalue weighted by molar-refractivity contribution is 7.09. The van der Waals surface area contributed by atoms with Gasteiger partial charge in [-0.05, 0) is 55.5 Å². The van der Waals surface area contributed by atoms with Gasteiger partial charge in [0.2, 0.25) is 0 Å². The van der Waals surface area contributed by atoms with Gasteiger partial charge in [-0.1, -0.05) is 6.07 Å². The number of thiophene rings is 1. The van der Waals surface area contributed by atoms with Gasteiger partial charge < -0.3 is 14.4 Å². The zero-order chi connectivity index (χ0) is 18.4. The quantitative estimate of drug-likeness (QED) is 0.664. The van der Waals surface area contributed by atoms with Gasteiger partial charge in [0, 0.05) is 23.6 Å². The first-order valence-electron chi connectivity index (χ1n) is 8.77. The van der Waals surface area contributed by atoms with E-state index in [2.05, 4.69) is 0 Å². The molecular weight excluding hydrogens is 350 g/mol. The Hall–Kier alpha value is -2.18. The first kappa shape index (κ1) is 18.6. The lowest BCUT2D eigenvalue weighted by Gasteiger charge is -2.25. The highest BCUT2D eigenvalue weighted by Crippen LogP contribution is 2.18. The highest BCUT2D eigenvalue weighted by Gasteiger charge is 2.23. The molecule has 0 bridgehead atoms. The van der Waals surface area contributed by atoms with Crippen LogP contribution in [0.3, 0.4) is 0 Å². The number of carbonyl (C=O) groups is 2. The molecule has 2 aromatic rings. The van der Waals surface area contributed by atoms with Gasteiger partial charge in [-0.15, -0.1) is 11.3 Å². The van der Waals surface area contributed by atoms with Crippen LogP contribution in [-0.2, 0) is 16.1 Å². The van der Waals surface area contributed by atoms with Gasteiger partial charge in [0.25, 0.3) is 5.91 Å². The fourth-order valence-corrected chi connectivity index (χ4v) is 3.62. The van der Waals surface area contributed by atoms with Crippen molar-refractivity contribution >= 4 is 23.0 Å². The van der Waals surface area contributed by atoms with Gasteiger partial charge in [0.05, 0.1) is 12.6 Å². The molecule has 1 aliphatic rings. The fraction of sp³-hybridized carbons (Fsp3) is 0.400. The normalized spacial score (nSPS) is 16.4. The number of benzene rings is 1. The summed E-state index contributed by atoms with van der Waals surface area (Å²) in [6.07, 6.45) is 2.14. The molecule has 2 heterocycles. The SMILES string of the molecule is CC(=O)c1ccc(OCC(=O)N(Cc2cccs2)CC2CCCO2)cc1. The molecule has 6 heteroatoms. The van der Waals surface area contributed by atoms with Gasteiger partial charge in [0.15, 0.2) is 12.4 Å². The van der Waals surface area contributed by atoms with Crippen molar-refractivity contribution in [3.8, 4) is 5.75 Å². The summed E-state index contributed by atoms with van der Waals surface area (Å²) in [6.45, 7) is 3.42. The van der Waals surface area contributed by atoms with Gasteiger partial charge in [-0.3, -0.25) is 9.59 Å². The number of nitrogens with zero attached hydrogens (tertiary/aromatic N) is 1. The summed E-state index contributed by atoms with van der Waals surface area (Å²) in [7, 11) is 0. The monoisotopic (exact) mass is 373 g/mol. The highest BCUT2D eigenvalue weighted by atomic mass is 32.1. The van der Waals surface area contributed by atoms with Crippen LogP contribution in [0.25, 0.3) is 0 Å². The van der Waals surface area contributed by atoms with Crippen molar-refractivity contribution in [2.45, 2.75) is 32.4 Å². The maximum absolute atomic E-state index is 12.7. The third-order valence-electron chi connectivity index (χ3n) is 4.35. The van der Waals surface area contributed by atoms with E-state index in [1.54, 1.807) is 35.6 Å². The molecule has 0 N–H and O–H groups in total. The number of hydrogen-bond donors (Lipinski definition) is 0. The Morgan fingerprint density at radius 1 is 1.27 bits per heavy atom. The van der Waals surface area contributed by atoms with E-state index in [1.807, 2.05) is 22.4 Å². The number of ether oxygens (including phenoxy) is 2. The zero-order valence-corrected chi connectivity index (χ0v) is 15.7. The molecule has 0 saturated carbocycles. The molecule has 1 aromatic heterocycles. The van der Waals surface area contributed by atoms with Gasteiger partial charge >= 0.3 is 0 Å². The summed E-state index contributed by atoms with van der Waals surface area (Å²) < 4.78 is 11.3. The Kier molecular flexibility index (Phi) is 6.41. The number of Topliss-reactive ketones (excluding diaryl/α,β-unsaturated/α-hetero) is 1. The summed E-state index contributed by atoms with van der Waals surface area (Å²) in [5, 5.41) is 2.01. The van der Waals surface area contributed by atoms with Crippen LogP contribution in [0.1, 0.15) is 35.0 Å². The molecule has 1 fully saturated rings. The van der Waals surface area contributed by atoms with Crippen molar-refractivity contribution in [1.29, 1.82) is 0 Å². The first-order valence-corrected chi connectivity index (χ1v) is 9.65. The predicted octanol–water partition coefficient (Wildman–Crippen LogP) is 3.54. The molecule has 138 valence electrons. The Bertz CT molecular complexity index is 721. The minimum atomic E-state index is -0.0652. The topological polar surface area (TPSA) is 55.8 Å². The molecule has 0 aliphatic carbocycles. The lowest BCUT2D eigenvalue weighted by atomic mass is 10.1. The van der Waals surface area contributed by atoms with Crippen molar-refractivity contribution in [2.24, 2.45) is 0 Å². The van der Waals surface area contributed by atoms with E-state index < -0.39 is 0 Å². The van der Waals surface area contributed by atoms with E-state index in [-0.39, 0.29) is 24.4 Å². The van der Waals surface area contributed by atoms with E-state index in [1.165, 1.54) is 6.92 Å². The number of hydrogen-bond acceptors (Lipinski definition) is 5.